The summed E-state index contributed by atoms with van der Waals surface area (Å²) >= 11 is 6.83. The lowest BCUT2D eigenvalue weighted by Gasteiger charge is -2.35. The fraction of sp³-hybridized carbons (Fsp3) is 0.526. The van der Waals surface area contributed by atoms with Gasteiger partial charge in [0.15, 0.2) is 10.5 Å². The number of hydrazone groups is 1. The van der Waals surface area contributed by atoms with E-state index in [1.165, 1.54) is 23.2 Å². The summed E-state index contributed by atoms with van der Waals surface area (Å²) in [7, 11) is 0. The van der Waals surface area contributed by atoms with Crippen LogP contribution in [0.1, 0.15) is 51.5 Å². The van der Waals surface area contributed by atoms with E-state index in [-0.39, 0.29) is 11.8 Å². The molecule has 2 aliphatic rings. The zero-order chi connectivity index (χ0) is 20.3. The van der Waals surface area contributed by atoms with Gasteiger partial charge in [-0.15, -0.1) is 0 Å². The molecular formula is C19H26N4O3S2. The highest BCUT2D eigenvalue weighted by Crippen LogP contribution is 2.42. The van der Waals surface area contributed by atoms with Crippen molar-refractivity contribution in [2.45, 2.75) is 62.9 Å². The number of hydrogen-bond donors (Lipinski definition) is 3. The molecule has 1 atom stereocenters. The molecule has 152 valence electrons. The Labute approximate surface area is 174 Å². The van der Waals surface area contributed by atoms with Crippen LogP contribution in [0.2, 0.25) is 0 Å². The highest BCUT2D eigenvalue weighted by Gasteiger charge is 2.50. The predicted octanol–water partition coefficient (Wildman–Crippen LogP) is 3.90. The molecule has 3 rings (SSSR count). The summed E-state index contributed by atoms with van der Waals surface area (Å²) in [5.74, 6) is 0.171. The van der Waals surface area contributed by atoms with Gasteiger partial charge in [0.05, 0.1) is 11.0 Å². The number of nitrogens with zero attached hydrogens (tertiary/aromatic N) is 3. The van der Waals surface area contributed by atoms with Gasteiger partial charge in [0.2, 0.25) is 0 Å². The van der Waals surface area contributed by atoms with Gasteiger partial charge in [0.1, 0.15) is 5.75 Å². The van der Waals surface area contributed by atoms with Crippen molar-refractivity contribution in [1.82, 2.24) is 15.4 Å². The number of amides is 2. The van der Waals surface area contributed by atoms with E-state index < -0.39 is 16.9 Å². The van der Waals surface area contributed by atoms with Crippen molar-refractivity contribution in [2.24, 2.45) is 5.10 Å². The number of carbonyl (C=O) groups is 1. The Hall–Kier alpha value is -1.84. The fourth-order valence-corrected chi connectivity index (χ4v) is 5.30. The molecule has 7 nitrogen and oxygen atoms in total. The van der Waals surface area contributed by atoms with Crippen molar-refractivity contribution in [3.05, 3.63) is 29.8 Å². The molecule has 1 aliphatic heterocycles. The SMILES string of the molecule is CC1(C)SC(=S)N(/N=C\c2ccc(O)cc2)[C@H]1N(O)C(=O)NC1CCCCC1. The van der Waals surface area contributed by atoms with Gasteiger partial charge in [-0.25, -0.2) is 9.80 Å². The summed E-state index contributed by atoms with van der Waals surface area (Å²) in [6.45, 7) is 3.84. The summed E-state index contributed by atoms with van der Waals surface area (Å²) in [4.78, 5) is 12.7. The molecule has 0 bridgehead atoms. The molecule has 0 unspecified atom stereocenters. The Morgan fingerprint density at radius 3 is 2.61 bits per heavy atom. The van der Waals surface area contributed by atoms with Crippen LogP contribution in [0.5, 0.6) is 5.75 Å². The number of hydrogen-bond acceptors (Lipinski definition) is 6. The lowest BCUT2D eigenvalue weighted by molar-refractivity contribution is -0.119. The van der Waals surface area contributed by atoms with Gasteiger partial charge < -0.3 is 10.4 Å². The van der Waals surface area contributed by atoms with E-state index in [0.717, 1.165) is 36.3 Å². The van der Waals surface area contributed by atoms with Crippen LogP contribution in [0.4, 0.5) is 4.79 Å². The first-order valence-corrected chi connectivity index (χ1v) is 10.6. The first-order chi connectivity index (χ1) is 13.3. The van der Waals surface area contributed by atoms with Crippen molar-refractivity contribution < 1.29 is 15.1 Å². The third kappa shape index (κ3) is 4.76. The molecular weight excluding hydrogens is 396 g/mol. The molecule has 28 heavy (non-hydrogen) atoms. The average Bonchev–Trinajstić information content (AvgIpc) is 2.89. The Kier molecular flexibility index (Phi) is 6.47. The normalized spacial score (nSPS) is 22.6. The molecule has 1 saturated carbocycles. The lowest BCUT2D eigenvalue weighted by atomic mass is 9.96. The molecule has 1 heterocycles. The number of carbonyl (C=O) groups excluding carboxylic acids is 1. The number of hydroxylamine groups is 2. The second-order valence-electron chi connectivity index (χ2n) is 7.65. The molecule has 1 saturated heterocycles. The van der Waals surface area contributed by atoms with E-state index in [9.17, 15) is 15.1 Å². The van der Waals surface area contributed by atoms with Gasteiger partial charge in [-0.3, -0.25) is 5.21 Å². The molecule has 3 N–H and O–H groups in total. The van der Waals surface area contributed by atoms with Crippen LogP contribution < -0.4 is 5.32 Å². The minimum Gasteiger partial charge on any atom is -0.508 e. The van der Waals surface area contributed by atoms with E-state index in [1.54, 1.807) is 30.5 Å². The number of thioether (sulfide) groups is 1. The van der Waals surface area contributed by atoms with E-state index >= 15 is 0 Å². The molecule has 1 aliphatic carbocycles. The summed E-state index contributed by atoms with van der Waals surface area (Å²) < 4.78 is -0.0586. The van der Waals surface area contributed by atoms with Crippen molar-refractivity contribution >= 4 is 40.5 Å². The number of phenolic OH excluding ortho intramolecular Hbond substituents is 1. The Morgan fingerprint density at radius 2 is 1.96 bits per heavy atom. The quantitative estimate of drug-likeness (QED) is 0.295. The summed E-state index contributed by atoms with van der Waals surface area (Å²) in [6.07, 6.45) is 6.10. The highest BCUT2D eigenvalue weighted by atomic mass is 32.2. The Balaban J connectivity index is 1.75. The van der Waals surface area contributed by atoms with Gasteiger partial charge in [0.25, 0.3) is 0 Å². The van der Waals surface area contributed by atoms with Gasteiger partial charge in [-0.1, -0.05) is 43.2 Å². The topological polar surface area (TPSA) is 88.4 Å². The minimum atomic E-state index is -0.734. The third-order valence-electron chi connectivity index (χ3n) is 4.99. The predicted molar refractivity (Wildman–Crippen MR) is 115 cm³/mol. The summed E-state index contributed by atoms with van der Waals surface area (Å²) in [5, 5.41) is 29.7. The zero-order valence-electron chi connectivity index (χ0n) is 16.0. The maximum atomic E-state index is 12.7. The van der Waals surface area contributed by atoms with Crippen LogP contribution in [-0.4, -0.2) is 53.9 Å². The molecule has 0 aromatic heterocycles. The lowest BCUT2D eigenvalue weighted by Crippen LogP contribution is -2.57. The van der Waals surface area contributed by atoms with Gasteiger partial charge in [-0.05, 0) is 56.5 Å². The first-order valence-electron chi connectivity index (χ1n) is 9.42. The highest BCUT2D eigenvalue weighted by molar-refractivity contribution is 8.24. The van der Waals surface area contributed by atoms with Gasteiger partial charge in [-0.2, -0.15) is 10.2 Å². The van der Waals surface area contributed by atoms with Crippen LogP contribution in [-0.2, 0) is 0 Å². The van der Waals surface area contributed by atoms with Crippen LogP contribution in [0.3, 0.4) is 0 Å². The van der Waals surface area contributed by atoms with E-state index in [4.69, 9.17) is 12.2 Å². The summed E-state index contributed by atoms with van der Waals surface area (Å²) in [6, 6.07) is 6.13. The molecule has 9 heteroatoms. The molecule has 2 fully saturated rings. The van der Waals surface area contributed by atoms with Crippen LogP contribution >= 0.6 is 24.0 Å². The molecule has 1 aromatic rings. The number of phenols is 1. The summed E-state index contributed by atoms with van der Waals surface area (Å²) in [5.41, 5.74) is 0.769. The number of benzene rings is 1. The largest absolute Gasteiger partial charge is 0.508 e. The fourth-order valence-electron chi connectivity index (χ4n) is 3.52. The molecule has 0 radical (unpaired) electrons. The Bertz CT molecular complexity index is 748. The van der Waals surface area contributed by atoms with Crippen LogP contribution in [0.15, 0.2) is 29.4 Å². The van der Waals surface area contributed by atoms with Crippen molar-refractivity contribution in [2.75, 3.05) is 0 Å². The maximum Gasteiger partial charge on any atom is 0.343 e. The second-order valence-corrected chi connectivity index (χ2v) is 9.94. The number of thiocarbonyl (C=S) groups is 1. The number of rotatable bonds is 4. The molecule has 1 aromatic carbocycles. The number of aromatic hydroxyl groups is 1. The monoisotopic (exact) mass is 422 g/mol. The van der Waals surface area contributed by atoms with Crippen LogP contribution in [0.25, 0.3) is 0 Å². The van der Waals surface area contributed by atoms with Crippen molar-refractivity contribution in [1.29, 1.82) is 0 Å². The molecule has 2 amide bonds. The van der Waals surface area contributed by atoms with Crippen molar-refractivity contribution in [3.8, 4) is 5.75 Å². The maximum absolute atomic E-state index is 12.7. The van der Waals surface area contributed by atoms with Crippen molar-refractivity contribution in [3.63, 3.8) is 0 Å². The van der Waals surface area contributed by atoms with Gasteiger partial charge in [0, 0.05) is 6.04 Å². The zero-order valence-corrected chi connectivity index (χ0v) is 17.7. The van der Waals surface area contributed by atoms with E-state index in [1.807, 2.05) is 13.8 Å². The Morgan fingerprint density at radius 1 is 1.32 bits per heavy atom. The average molecular weight is 423 g/mol. The van der Waals surface area contributed by atoms with E-state index in [2.05, 4.69) is 10.4 Å². The van der Waals surface area contributed by atoms with Gasteiger partial charge >= 0.3 is 6.03 Å². The molecule has 0 spiro atoms. The van der Waals surface area contributed by atoms with E-state index in [0.29, 0.717) is 4.32 Å². The first kappa shape index (κ1) is 20.9. The minimum absolute atomic E-state index is 0.0916. The smallest absolute Gasteiger partial charge is 0.343 e. The number of nitrogens with one attached hydrogen (secondary N) is 1. The number of urea groups is 1. The standard InChI is InChI=1S/C19H26N4O3S2/c1-19(2)16(23(26)17(25)21-14-6-4-3-5-7-14)22(18(27)28-19)20-12-13-8-10-15(24)11-9-13/h8-12,14,16,24,26H,3-7H2,1-2H3,(H,21,25)/b20-12-/t16-/m0/s1. The third-order valence-corrected chi connectivity index (χ3v) is 6.52. The second kappa shape index (κ2) is 8.67. The van der Waals surface area contributed by atoms with Crippen LogP contribution in [0, 0.1) is 0 Å².